The summed E-state index contributed by atoms with van der Waals surface area (Å²) in [4.78, 5) is 11.0. The summed E-state index contributed by atoms with van der Waals surface area (Å²) in [6, 6.07) is 0. The molecule has 7 nitrogen and oxygen atoms in total. The van der Waals surface area contributed by atoms with E-state index in [1.807, 2.05) is 6.92 Å². The lowest BCUT2D eigenvalue weighted by Crippen LogP contribution is -2.43. The topological polar surface area (TPSA) is 75.6 Å². The molecule has 3 aliphatic rings. The lowest BCUT2D eigenvalue weighted by molar-refractivity contribution is -0.0139. The lowest BCUT2D eigenvalue weighted by atomic mass is 9.65. The fourth-order valence-electron chi connectivity index (χ4n) is 5.55. The van der Waals surface area contributed by atoms with Gasteiger partial charge in [0.25, 0.3) is 0 Å². The minimum absolute atomic E-state index is 0.267. The van der Waals surface area contributed by atoms with E-state index in [0.29, 0.717) is 36.4 Å². The standard InChI is InChI=1S/C23H37ClN4O3S/c1-2-13-32(29,30)28-11-5-18(6-12-28)16-31-17-20-3-4-22(20)19-7-9-27(10-8-19)23-25-14-21(24)15-26-23/h14-15,18-20,22H,2-13,16-17H2,1H3. The van der Waals surface area contributed by atoms with Crippen LogP contribution in [0.25, 0.3) is 0 Å². The zero-order valence-electron chi connectivity index (χ0n) is 19.2. The molecule has 2 saturated heterocycles. The molecule has 1 aliphatic carbocycles. The monoisotopic (exact) mass is 484 g/mol. The van der Waals surface area contributed by atoms with Crippen molar-refractivity contribution in [3.63, 3.8) is 0 Å². The van der Waals surface area contributed by atoms with Crippen LogP contribution >= 0.6 is 11.6 Å². The molecule has 0 radical (unpaired) electrons. The van der Waals surface area contributed by atoms with Crippen molar-refractivity contribution in [2.45, 2.75) is 51.9 Å². The summed E-state index contributed by atoms with van der Waals surface area (Å²) in [5, 5.41) is 0.577. The summed E-state index contributed by atoms with van der Waals surface area (Å²) in [6.07, 6.45) is 10.8. The molecule has 180 valence electrons. The van der Waals surface area contributed by atoms with Gasteiger partial charge in [-0.05, 0) is 68.6 Å². The van der Waals surface area contributed by atoms with Crippen LogP contribution in [-0.4, -0.2) is 67.8 Å². The van der Waals surface area contributed by atoms with Crippen LogP contribution < -0.4 is 4.90 Å². The van der Waals surface area contributed by atoms with E-state index in [1.165, 1.54) is 25.7 Å². The Bertz CT molecular complexity index is 822. The second-order valence-corrected chi connectivity index (χ2v) is 12.2. The second-order valence-electron chi connectivity index (χ2n) is 9.72. The summed E-state index contributed by atoms with van der Waals surface area (Å²) < 4.78 is 32.3. The van der Waals surface area contributed by atoms with Crippen LogP contribution in [0.15, 0.2) is 12.4 Å². The Morgan fingerprint density at radius 2 is 1.69 bits per heavy atom. The average molecular weight is 485 g/mol. The Labute approximate surface area is 197 Å². The Hall–Kier alpha value is -0.960. The van der Waals surface area contributed by atoms with Gasteiger partial charge in [-0.2, -0.15) is 0 Å². The van der Waals surface area contributed by atoms with Gasteiger partial charge in [-0.15, -0.1) is 0 Å². The molecule has 0 bridgehead atoms. The number of anilines is 1. The molecular weight excluding hydrogens is 448 g/mol. The molecule has 3 heterocycles. The zero-order chi connectivity index (χ0) is 22.6. The van der Waals surface area contributed by atoms with Gasteiger partial charge in [0.05, 0.1) is 23.2 Å². The lowest BCUT2D eigenvalue weighted by Gasteiger charge is -2.45. The van der Waals surface area contributed by atoms with Crippen molar-refractivity contribution >= 4 is 27.6 Å². The maximum atomic E-state index is 12.2. The van der Waals surface area contributed by atoms with Gasteiger partial charge in [0.1, 0.15) is 0 Å². The van der Waals surface area contributed by atoms with Crippen molar-refractivity contribution in [2.75, 3.05) is 50.0 Å². The van der Waals surface area contributed by atoms with E-state index in [1.54, 1.807) is 16.7 Å². The van der Waals surface area contributed by atoms with Gasteiger partial charge < -0.3 is 9.64 Å². The maximum absolute atomic E-state index is 12.2. The number of nitrogens with zero attached hydrogens (tertiary/aromatic N) is 4. The van der Waals surface area contributed by atoms with Crippen LogP contribution in [0.5, 0.6) is 0 Å². The van der Waals surface area contributed by atoms with Crippen molar-refractivity contribution in [1.82, 2.24) is 14.3 Å². The van der Waals surface area contributed by atoms with E-state index in [0.717, 1.165) is 56.9 Å². The fraction of sp³-hybridized carbons (Fsp3) is 0.826. The van der Waals surface area contributed by atoms with Crippen molar-refractivity contribution in [3.05, 3.63) is 17.4 Å². The van der Waals surface area contributed by atoms with Crippen molar-refractivity contribution in [2.24, 2.45) is 23.7 Å². The van der Waals surface area contributed by atoms with Gasteiger partial charge in [-0.3, -0.25) is 0 Å². The third kappa shape index (κ3) is 5.93. The Kier molecular flexibility index (Phi) is 8.29. The van der Waals surface area contributed by atoms with Crippen LogP contribution in [0.3, 0.4) is 0 Å². The third-order valence-corrected chi connectivity index (χ3v) is 9.90. The smallest absolute Gasteiger partial charge is 0.225 e. The van der Waals surface area contributed by atoms with Crippen molar-refractivity contribution < 1.29 is 13.2 Å². The predicted octanol–water partition coefficient (Wildman–Crippen LogP) is 3.84. The predicted molar refractivity (Wildman–Crippen MR) is 127 cm³/mol. The number of sulfonamides is 1. The first-order chi connectivity index (χ1) is 15.5. The molecule has 3 fully saturated rings. The number of rotatable bonds is 9. The molecular formula is C23H37ClN4O3S. The van der Waals surface area contributed by atoms with E-state index in [4.69, 9.17) is 16.3 Å². The van der Waals surface area contributed by atoms with Gasteiger partial charge in [0.2, 0.25) is 16.0 Å². The number of hydrogen-bond acceptors (Lipinski definition) is 6. The van der Waals surface area contributed by atoms with Crippen molar-refractivity contribution in [1.29, 1.82) is 0 Å². The van der Waals surface area contributed by atoms with Crippen molar-refractivity contribution in [3.8, 4) is 0 Å². The highest BCUT2D eigenvalue weighted by molar-refractivity contribution is 7.89. The summed E-state index contributed by atoms with van der Waals surface area (Å²) in [6.45, 7) is 6.88. The molecule has 1 saturated carbocycles. The number of hydrogen-bond donors (Lipinski definition) is 0. The quantitative estimate of drug-likeness (QED) is 0.530. The van der Waals surface area contributed by atoms with Crippen LogP contribution in [-0.2, 0) is 14.8 Å². The van der Waals surface area contributed by atoms with Crippen LogP contribution in [0.2, 0.25) is 5.02 Å². The first-order valence-electron chi connectivity index (χ1n) is 12.2. The molecule has 2 atom stereocenters. The second kappa shape index (κ2) is 11.0. The normalized spacial score (nSPS) is 26.2. The minimum Gasteiger partial charge on any atom is -0.381 e. The number of aromatic nitrogens is 2. The molecule has 1 aromatic heterocycles. The molecule has 0 amide bonds. The molecule has 0 N–H and O–H groups in total. The van der Waals surface area contributed by atoms with Gasteiger partial charge in [-0.1, -0.05) is 18.5 Å². The molecule has 0 aromatic carbocycles. The summed E-state index contributed by atoms with van der Waals surface area (Å²) in [5.74, 6) is 3.78. The van der Waals surface area contributed by atoms with E-state index < -0.39 is 10.0 Å². The van der Waals surface area contributed by atoms with Gasteiger partial charge in [0.15, 0.2) is 0 Å². The Morgan fingerprint density at radius 3 is 2.28 bits per heavy atom. The largest absolute Gasteiger partial charge is 0.381 e. The summed E-state index contributed by atoms with van der Waals surface area (Å²) >= 11 is 5.90. The molecule has 1 aromatic rings. The summed E-state index contributed by atoms with van der Waals surface area (Å²) in [7, 11) is -3.05. The third-order valence-electron chi connectivity index (χ3n) is 7.63. The first kappa shape index (κ1) is 24.2. The zero-order valence-corrected chi connectivity index (χ0v) is 20.7. The fourth-order valence-corrected chi connectivity index (χ4v) is 7.18. The average Bonchev–Trinajstić information content (AvgIpc) is 2.77. The molecule has 32 heavy (non-hydrogen) atoms. The Morgan fingerprint density at radius 1 is 1.00 bits per heavy atom. The molecule has 2 unspecified atom stereocenters. The molecule has 4 rings (SSSR count). The Balaban J connectivity index is 1.14. The molecule has 0 spiro atoms. The van der Waals surface area contributed by atoms with Crippen LogP contribution in [0, 0.1) is 23.7 Å². The van der Waals surface area contributed by atoms with E-state index >= 15 is 0 Å². The maximum Gasteiger partial charge on any atom is 0.225 e. The SMILES string of the molecule is CCCS(=O)(=O)N1CCC(COCC2CCC2C2CCN(c3ncc(Cl)cn3)CC2)CC1. The highest BCUT2D eigenvalue weighted by Crippen LogP contribution is 2.44. The summed E-state index contributed by atoms with van der Waals surface area (Å²) in [5.41, 5.74) is 0. The van der Waals surface area contributed by atoms with Gasteiger partial charge in [0, 0.05) is 39.4 Å². The van der Waals surface area contributed by atoms with Gasteiger partial charge >= 0.3 is 0 Å². The number of piperidine rings is 2. The van der Waals surface area contributed by atoms with E-state index in [9.17, 15) is 8.42 Å². The number of halogens is 1. The minimum atomic E-state index is -3.05. The highest BCUT2D eigenvalue weighted by Gasteiger charge is 2.38. The van der Waals surface area contributed by atoms with Gasteiger partial charge in [-0.25, -0.2) is 22.7 Å². The van der Waals surface area contributed by atoms with E-state index in [2.05, 4.69) is 14.9 Å². The van der Waals surface area contributed by atoms with Crippen LogP contribution in [0.1, 0.15) is 51.9 Å². The van der Waals surface area contributed by atoms with E-state index in [-0.39, 0.29) is 5.75 Å². The van der Waals surface area contributed by atoms with Crippen LogP contribution in [0.4, 0.5) is 5.95 Å². The molecule has 9 heteroatoms. The number of ether oxygens (including phenoxy) is 1. The molecule has 2 aliphatic heterocycles. The first-order valence-corrected chi connectivity index (χ1v) is 14.2. The highest BCUT2D eigenvalue weighted by atomic mass is 35.5.